The van der Waals surface area contributed by atoms with Gasteiger partial charge in [0.25, 0.3) is 0 Å². The van der Waals surface area contributed by atoms with E-state index in [0.717, 1.165) is 11.1 Å². The quantitative estimate of drug-likeness (QED) is 0.901. The molecule has 1 aromatic rings. The van der Waals surface area contributed by atoms with Crippen LogP contribution >= 0.6 is 0 Å². The number of hydrogen-bond donors (Lipinski definition) is 1. The van der Waals surface area contributed by atoms with E-state index in [4.69, 9.17) is 9.47 Å². The highest BCUT2D eigenvalue weighted by Crippen LogP contribution is 2.34. The molecule has 1 N–H and O–H groups in total. The molecule has 110 valence electrons. The average Bonchev–Trinajstić information content (AvgIpc) is 3.05. The van der Waals surface area contributed by atoms with Gasteiger partial charge in [-0.1, -0.05) is 24.3 Å². The van der Waals surface area contributed by atoms with Gasteiger partial charge in [-0.25, -0.2) is 13.1 Å². The Hall–Kier alpha value is -0.950. The minimum absolute atomic E-state index is 0.219. The molecule has 1 aliphatic heterocycles. The summed E-state index contributed by atoms with van der Waals surface area (Å²) in [4.78, 5) is 0. The summed E-state index contributed by atoms with van der Waals surface area (Å²) in [6.07, 6.45) is 1.01. The number of ether oxygens (including phenoxy) is 2. The van der Waals surface area contributed by atoms with Gasteiger partial charge >= 0.3 is 0 Å². The van der Waals surface area contributed by atoms with Gasteiger partial charge < -0.3 is 9.47 Å². The standard InChI is InChI=1S/C14H19NO4S/c1-18-14-12-5-3-2-4-10(12)8-13(14)15-20(16,17)11-6-7-19-9-11/h2-5,11,13-15H,6-9H2,1H3/t11?,13-,14+/m1/s1. The highest BCUT2D eigenvalue weighted by Gasteiger charge is 2.38. The van der Waals surface area contributed by atoms with Crippen molar-refractivity contribution in [1.82, 2.24) is 4.72 Å². The predicted molar refractivity (Wildman–Crippen MR) is 75.0 cm³/mol. The van der Waals surface area contributed by atoms with E-state index in [-0.39, 0.29) is 18.8 Å². The van der Waals surface area contributed by atoms with Crippen molar-refractivity contribution in [3.63, 3.8) is 0 Å². The number of rotatable bonds is 4. The van der Waals surface area contributed by atoms with Crippen LogP contribution in [0, 0.1) is 0 Å². The molecule has 5 nitrogen and oxygen atoms in total. The fraction of sp³-hybridized carbons (Fsp3) is 0.571. The second-order valence-electron chi connectivity index (χ2n) is 5.31. The fourth-order valence-electron chi connectivity index (χ4n) is 3.02. The third-order valence-electron chi connectivity index (χ3n) is 4.06. The number of hydrogen-bond acceptors (Lipinski definition) is 4. The Kier molecular flexibility index (Phi) is 3.81. The lowest BCUT2D eigenvalue weighted by Gasteiger charge is -2.22. The van der Waals surface area contributed by atoms with Crippen molar-refractivity contribution < 1.29 is 17.9 Å². The first-order valence-electron chi connectivity index (χ1n) is 6.81. The summed E-state index contributed by atoms with van der Waals surface area (Å²) in [5, 5.41) is -0.441. The lowest BCUT2D eigenvalue weighted by molar-refractivity contribution is 0.0853. The first kappa shape index (κ1) is 14.0. The van der Waals surface area contributed by atoms with E-state index in [1.165, 1.54) is 0 Å². The normalized spacial score (nSPS) is 29.6. The van der Waals surface area contributed by atoms with Crippen molar-refractivity contribution in [3.8, 4) is 0 Å². The highest BCUT2D eigenvalue weighted by atomic mass is 32.2. The Morgan fingerprint density at radius 3 is 2.85 bits per heavy atom. The number of nitrogens with one attached hydrogen (secondary N) is 1. The lowest BCUT2D eigenvalue weighted by atomic mass is 10.1. The number of methoxy groups -OCH3 is 1. The Bertz CT molecular complexity index is 581. The molecule has 20 heavy (non-hydrogen) atoms. The topological polar surface area (TPSA) is 64.6 Å². The Morgan fingerprint density at radius 1 is 1.35 bits per heavy atom. The van der Waals surface area contributed by atoms with Crippen molar-refractivity contribution in [2.45, 2.75) is 30.2 Å². The van der Waals surface area contributed by atoms with Gasteiger partial charge in [0.2, 0.25) is 10.0 Å². The summed E-state index contributed by atoms with van der Waals surface area (Å²) in [7, 11) is -1.74. The predicted octanol–water partition coefficient (Wildman–Crippen LogP) is 1.01. The molecule has 0 amide bonds. The van der Waals surface area contributed by atoms with Crippen LogP contribution in [0.1, 0.15) is 23.7 Å². The lowest BCUT2D eigenvalue weighted by Crippen LogP contribution is -2.43. The Labute approximate surface area is 119 Å². The third kappa shape index (κ3) is 2.48. The summed E-state index contributed by atoms with van der Waals surface area (Å²) < 4.78 is 38.2. The molecule has 0 aromatic heterocycles. The zero-order valence-electron chi connectivity index (χ0n) is 11.4. The van der Waals surface area contributed by atoms with Crippen LogP contribution in [0.2, 0.25) is 0 Å². The van der Waals surface area contributed by atoms with Crippen molar-refractivity contribution >= 4 is 10.0 Å². The molecular weight excluding hydrogens is 278 g/mol. The molecule has 3 rings (SSSR count). The molecule has 0 saturated carbocycles. The molecule has 1 fully saturated rings. The van der Waals surface area contributed by atoms with Crippen LogP contribution in [0.25, 0.3) is 0 Å². The van der Waals surface area contributed by atoms with Gasteiger partial charge in [0.1, 0.15) is 5.25 Å². The largest absolute Gasteiger partial charge is 0.380 e. The smallest absolute Gasteiger partial charge is 0.217 e. The van der Waals surface area contributed by atoms with Crippen LogP contribution in [0.3, 0.4) is 0 Å². The van der Waals surface area contributed by atoms with Crippen LogP contribution in [-0.2, 0) is 25.9 Å². The van der Waals surface area contributed by atoms with Gasteiger partial charge in [0, 0.05) is 13.7 Å². The summed E-state index contributed by atoms with van der Waals surface area (Å²) in [5.41, 5.74) is 2.22. The van der Waals surface area contributed by atoms with E-state index in [1.54, 1.807) is 7.11 Å². The molecule has 3 atom stereocenters. The summed E-state index contributed by atoms with van der Waals surface area (Å²) in [5.74, 6) is 0. The first-order valence-corrected chi connectivity index (χ1v) is 8.36. The zero-order chi connectivity index (χ0) is 14.2. The van der Waals surface area contributed by atoms with E-state index < -0.39 is 15.3 Å². The van der Waals surface area contributed by atoms with E-state index >= 15 is 0 Å². The van der Waals surface area contributed by atoms with Crippen molar-refractivity contribution in [2.24, 2.45) is 0 Å². The van der Waals surface area contributed by atoms with Gasteiger partial charge in [-0.05, 0) is 24.0 Å². The van der Waals surface area contributed by atoms with Crippen LogP contribution in [0.4, 0.5) is 0 Å². The molecule has 6 heteroatoms. The van der Waals surface area contributed by atoms with Crippen LogP contribution in [0.5, 0.6) is 0 Å². The molecule has 2 aliphatic rings. The molecular formula is C14H19NO4S. The van der Waals surface area contributed by atoms with Crippen molar-refractivity contribution in [2.75, 3.05) is 20.3 Å². The maximum Gasteiger partial charge on any atom is 0.217 e. The highest BCUT2D eigenvalue weighted by molar-refractivity contribution is 7.90. The minimum Gasteiger partial charge on any atom is -0.380 e. The number of sulfonamides is 1. The Balaban J connectivity index is 1.79. The van der Waals surface area contributed by atoms with E-state index in [1.807, 2.05) is 24.3 Å². The van der Waals surface area contributed by atoms with E-state index in [9.17, 15) is 8.42 Å². The van der Waals surface area contributed by atoms with Gasteiger partial charge in [-0.15, -0.1) is 0 Å². The number of benzene rings is 1. The van der Waals surface area contributed by atoms with Gasteiger partial charge in [0.15, 0.2) is 0 Å². The summed E-state index contributed by atoms with van der Waals surface area (Å²) in [6.45, 7) is 0.802. The second-order valence-corrected chi connectivity index (χ2v) is 7.31. The fourth-order valence-corrected chi connectivity index (χ4v) is 4.52. The molecule has 0 spiro atoms. The average molecular weight is 297 g/mol. The molecule has 1 aliphatic carbocycles. The monoisotopic (exact) mass is 297 g/mol. The molecule has 1 heterocycles. The number of fused-ring (bicyclic) bond motifs is 1. The van der Waals surface area contributed by atoms with Gasteiger partial charge in [-0.3, -0.25) is 0 Å². The van der Waals surface area contributed by atoms with Crippen molar-refractivity contribution in [3.05, 3.63) is 35.4 Å². The van der Waals surface area contributed by atoms with Crippen molar-refractivity contribution in [1.29, 1.82) is 0 Å². The van der Waals surface area contributed by atoms with Gasteiger partial charge in [0.05, 0.1) is 18.8 Å². The SMILES string of the molecule is CO[C@H]1c2ccccc2C[C@H]1NS(=O)(=O)C1CCOC1. The van der Waals surface area contributed by atoms with Crippen LogP contribution < -0.4 is 4.72 Å². The van der Waals surface area contributed by atoms with E-state index in [0.29, 0.717) is 19.4 Å². The maximum atomic E-state index is 12.4. The summed E-state index contributed by atoms with van der Waals surface area (Å²) >= 11 is 0. The second kappa shape index (κ2) is 5.44. The molecule has 0 radical (unpaired) electrons. The summed E-state index contributed by atoms with van der Waals surface area (Å²) in [6, 6.07) is 7.70. The van der Waals surface area contributed by atoms with Gasteiger partial charge in [-0.2, -0.15) is 0 Å². The molecule has 1 aromatic carbocycles. The zero-order valence-corrected chi connectivity index (χ0v) is 12.2. The van der Waals surface area contributed by atoms with Crippen LogP contribution in [0.15, 0.2) is 24.3 Å². The molecule has 1 saturated heterocycles. The molecule has 0 bridgehead atoms. The van der Waals surface area contributed by atoms with Crippen LogP contribution in [-0.4, -0.2) is 40.0 Å². The van der Waals surface area contributed by atoms with E-state index in [2.05, 4.69) is 4.72 Å². The Morgan fingerprint density at radius 2 is 2.15 bits per heavy atom. The molecule has 1 unspecified atom stereocenters. The maximum absolute atomic E-state index is 12.4. The minimum atomic E-state index is -3.36. The third-order valence-corrected chi connectivity index (χ3v) is 5.94. The first-order chi connectivity index (χ1) is 9.62.